The molecule has 0 amide bonds. The van der Waals surface area contributed by atoms with Crippen LogP contribution in [0.5, 0.6) is 5.75 Å². The van der Waals surface area contributed by atoms with Crippen LogP contribution in [0.25, 0.3) is 16.6 Å². The Morgan fingerprint density at radius 3 is 2.48 bits per heavy atom. The number of nitrogens with zero attached hydrogens (tertiary/aromatic N) is 2. The largest absolute Gasteiger partial charge is 0.629 e. The van der Waals surface area contributed by atoms with Crippen LogP contribution >= 0.6 is 0 Å². The molecule has 1 atom stereocenters. The second-order valence-corrected chi connectivity index (χ2v) is 5.16. The van der Waals surface area contributed by atoms with Crippen molar-refractivity contribution in [1.82, 2.24) is 4.57 Å². The van der Waals surface area contributed by atoms with Crippen LogP contribution in [0, 0.1) is 16.5 Å². The van der Waals surface area contributed by atoms with Crippen LogP contribution < -0.4 is 10.6 Å². The second-order valence-electron chi connectivity index (χ2n) is 5.16. The summed E-state index contributed by atoms with van der Waals surface area (Å²) < 4.78 is 1.36. The Balaban J connectivity index is 2.35. The van der Waals surface area contributed by atoms with Crippen molar-refractivity contribution in [2.24, 2.45) is 0 Å². The maximum atomic E-state index is 12.5. The number of aromatic nitrogens is 1. The predicted octanol–water partition coefficient (Wildman–Crippen LogP) is 1.21. The molecule has 114 valence electrons. The third kappa shape index (κ3) is 2.55. The topological polar surface area (TPSA) is 93.5 Å². The van der Waals surface area contributed by atoms with E-state index >= 15 is 0 Å². The summed E-state index contributed by atoms with van der Waals surface area (Å²) in [6.07, 6.45) is 0. The number of phenolic OH excluding ortho intramolecular Hbond substituents is 1. The van der Waals surface area contributed by atoms with Crippen molar-refractivity contribution < 1.29 is 10.2 Å². The minimum absolute atomic E-state index is 0.0128. The minimum Gasteiger partial charge on any atom is -0.629 e. The van der Waals surface area contributed by atoms with Crippen molar-refractivity contribution in [2.75, 3.05) is 7.05 Å². The molecule has 23 heavy (non-hydrogen) atoms. The maximum absolute atomic E-state index is 12.5. The first-order chi connectivity index (χ1) is 11.0. The van der Waals surface area contributed by atoms with Gasteiger partial charge < -0.3 is 15.4 Å². The van der Waals surface area contributed by atoms with Crippen LogP contribution in [0.4, 0.5) is 5.69 Å². The van der Waals surface area contributed by atoms with Crippen molar-refractivity contribution in [3.63, 3.8) is 0 Å². The molecule has 1 unspecified atom stereocenters. The quantitative estimate of drug-likeness (QED) is 0.696. The molecule has 1 heterocycles. The molecular weight excluding hydrogens is 294 g/mol. The number of phenols is 1. The zero-order chi connectivity index (χ0) is 16.6. The van der Waals surface area contributed by atoms with Crippen LogP contribution in [0.3, 0.4) is 0 Å². The molecule has 0 aliphatic heterocycles. The number of nitrogens with one attached hydrogen (secondary N) is 1. The Morgan fingerprint density at radius 1 is 1.17 bits per heavy atom. The highest BCUT2D eigenvalue weighted by molar-refractivity contribution is 5.83. The molecule has 1 aromatic heterocycles. The Bertz CT molecular complexity index is 983. The fraction of sp³-hybridized carbons (Fsp3) is 0.0588. The number of pyridine rings is 1. The van der Waals surface area contributed by atoms with Crippen LogP contribution in [0.2, 0.25) is 0 Å². The van der Waals surface area contributed by atoms with Crippen LogP contribution in [0.1, 0.15) is 5.56 Å². The lowest BCUT2D eigenvalue weighted by Gasteiger charge is -2.16. The van der Waals surface area contributed by atoms with Gasteiger partial charge in [-0.15, -0.1) is 0 Å². The predicted molar refractivity (Wildman–Crippen MR) is 85.8 cm³/mol. The van der Waals surface area contributed by atoms with Crippen molar-refractivity contribution >= 4 is 16.6 Å². The Hall–Kier alpha value is -3.14. The van der Waals surface area contributed by atoms with E-state index in [9.17, 15) is 15.1 Å². The number of nitriles is 1. The molecule has 0 aliphatic carbocycles. The minimum atomic E-state index is -0.471. The van der Waals surface area contributed by atoms with Crippen molar-refractivity contribution in [1.29, 1.82) is 5.26 Å². The molecule has 6 heteroatoms. The summed E-state index contributed by atoms with van der Waals surface area (Å²) in [4.78, 5) is 12.5. The molecule has 0 saturated heterocycles. The highest BCUT2D eigenvalue weighted by Gasteiger charge is 2.12. The van der Waals surface area contributed by atoms with Crippen LogP contribution in [-0.4, -0.2) is 16.7 Å². The fourth-order valence-electron chi connectivity index (χ4n) is 2.48. The Morgan fingerprint density at radius 2 is 1.87 bits per heavy atom. The van der Waals surface area contributed by atoms with E-state index in [1.807, 2.05) is 6.07 Å². The summed E-state index contributed by atoms with van der Waals surface area (Å²) in [5.41, 5.74) is 1.09. The number of aromatic hydroxyl groups is 1. The molecule has 3 rings (SSSR count). The fourth-order valence-corrected chi connectivity index (χ4v) is 2.48. The molecule has 0 radical (unpaired) electrons. The molecular formula is C17H13N3O3. The summed E-state index contributed by atoms with van der Waals surface area (Å²) in [7, 11) is 1.46. The Kier molecular flexibility index (Phi) is 3.58. The summed E-state index contributed by atoms with van der Waals surface area (Å²) in [6.45, 7) is 0. The smallest absolute Gasteiger partial charge is 0.273 e. The SMILES string of the molecule is C[NH+]([O-])c1ccc(-n2c(=O)c(C#N)cc3ccc(O)cc32)cc1. The molecule has 2 aromatic carbocycles. The van der Waals surface area contributed by atoms with E-state index in [2.05, 4.69) is 0 Å². The first kappa shape index (κ1) is 14.8. The van der Waals surface area contributed by atoms with Crippen molar-refractivity contribution in [3.05, 3.63) is 69.7 Å². The van der Waals surface area contributed by atoms with Gasteiger partial charge in [0, 0.05) is 29.3 Å². The molecule has 6 nitrogen and oxygen atoms in total. The van der Waals surface area contributed by atoms with E-state index in [0.717, 1.165) is 0 Å². The number of hydrogen-bond acceptors (Lipinski definition) is 4. The van der Waals surface area contributed by atoms with E-state index in [0.29, 0.717) is 22.3 Å². The normalized spacial score (nSPS) is 12.0. The first-order valence-corrected chi connectivity index (χ1v) is 6.91. The number of fused-ring (bicyclic) bond motifs is 1. The number of rotatable bonds is 2. The lowest BCUT2D eigenvalue weighted by Crippen LogP contribution is -2.98. The third-order valence-corrected chi connectivity index (χ3v) is 3.64. The second kappa shape index (κ2) is 5.57. The summed E-state index contributed by atoms with van der Waals surface area (Å²) in [5, 5.41) is 30.8. The molecule has 3 aromatic rings. The molecule has 0 spiro atoms. The van der Waals surface area contributed by atoms with Crippen molar-refractivity contribution in [3.8, 4) is 17.5 Å². The van der Waals surface area contributed by atoms with Gasteiger partial charge in [-0.3, -0.25) is 9.36 Å². The van der Waals surface area contributed by atoms with Gasteiger partial charge in [0.1, 0.15) is 23.1 Å². The van der Waals surface area contributed by atoms with E-state index in [1.54, 1.807) is 30.3 Å². The maximum Gasteiger partial charge on any atom is 0.273 e. The van der Waals surface area contributed by atoms with Gasteiger partial charge in [-0.1, -0.05) is 0 Å². The zero-order valence-electron chi connectivity index (χ0n) is 12.3. The van der Waals surface area contributed by atoms with Gasteiger partial charge >= 0.3 is 0 Å². The molecule has 0 aliphatic rings. The highest BCUT2D eigenvalue weighted by atomic mass is 16.5. The highest BCUT2D eigenvalue weighted by Crippen LogP contribution is 2.22. The first-order valence-electron chi connectivity index (χ1n) is 6.91. The molecule has 2 N–H and O–H groups in total. The number of hydroxylamine groups is 1. The van der Waals surface area contributed by atoms with E-state index in [-0.39, 0.29) is 16.4 Å². The van der Waals surface area contributed by atoms with Gasteiger partial charge in [0.05, 0.1) is 12.6 Å². The number of quaternary nitrogens is 1. The monoisotopic (exact) mass is 307 g/mol. The van der Waals surface area contributed by atoms with Gasteiger partial charge in [0.2, 0.25) is 0 Å². The standard InChI is InChI=1S/C17H13N3O3/c1-19(23)13-3-5-14(6-4-13)20-16-9-15(21)7-2-11(16)8-12(10-18)17(20)22/h2-9,19,21H,1H3. The average molecular weight is 307 g/mol. The van der Waals surface area contributed by atoms with Crippen LogP contribution in [0.15, 0.2) is 53.3 Å². The lowest BCUT2D eigenvalue weighted by atomic mass is 10.1. The van der Waals surface area contributed by atoms with E-state index in [1.165, 1.54) is 29.8 Å². The molecule has 0 bridgehead atoms. The van der Waals surface area contributed by atoms with Gasteiger partial charge in [0.15, 0.2) is 0 Å². The van der Waals surface area contributed by atoms with Gasteiger partial charge in [0.25, 0.3) is 5.56 Å². The van der Waals surface area contributed by atoms with Crippen LogP contribution in [-0.2, 0) is 0 Å². The summed E-state index contributed by atoms with van der Waals surface area (Å²) >= 11 is 0. The summed E-state index contributed by atoms with van der Waals surface area (Å²) in [5.74, 6) is 0.0238. The molecule has 0 fully saturated rings. The number of hydrogen-bond donors (Lipinski definition) is 2. The van der Waals surface area contributed by atoms with E-state index in [4.69, 9.17) is 5.26 Å². The Labute approximate surface area is 131 Å². The lowest BCUT2D eigenvalue weighted by molar-refractivity contribution is -0.751. The molecule has 0 saturated carbocycles. The van der Waals surface area contributed by atoms with Gasteiger partial charge in [-0.05, 0) is 30.3 Å². The van der Waals surface area contributed by atoms with Gasteiger partial charge in [-0.2, -0.15) is 5.26 Å². The average Bonchev–Trinajstić information content (AvgIpc) is 2.54. The zero-order valence-corrected chi connectivity index (χ0v) is 12.3. The summed E-state index contributed by atoms with van der Waals surface area (Å²) in [6, 6.07) is 14.5. The van der Waals surface area contributed by atoms with E-state index < -0.39 is 5.56 Å². The van der Waals surface area contributed by atoms with Crippen molar-refractivity contribution in [2.45, 2.75) is 0 Å². The third-order valence-electron chi connectivity index (χ3n) is 3.64. The van der Waals surface area contributed by atoms with Gasteiger partial charge in [-0.25, -0.2) is 0 Å². The number of benzene rings is 2.